The van der Waals surface area contributed by atoms with Crippen molar-refractivity contribution in [2.24, 2.45) is 5.16 Å². The highest BCUT2D eigenvalue weighted by atomic mass is 16.6. The lowest BCUT2D eigenvalue weighted by Gasteiger charge is -2.36. The van der Waals surface area contributed by atoms with Crippen molar-refractivity contribution in [3.63, 3.8) is 0 Å². The van der Waals surface area contributed by atoms with Crippen molar-refractivity contribution < 1.29 is 4.84 Å². The van der Waals surface area contributed by atoms with E-state index in [1.54, 1.807) is 12.5 Å². The molecule has 4 heterocycles. The molecule has 4 rings (SSSR count). The van der Waals surface area contributed by atoms with Crippen molar-refractivity contribution in [1.29, 1.82) is 0 Å². The first-order valence-corrected chi connectivity index (χ1v) is 8.17. The lowest BCUT2D eigenvalue weighted by molar-refractivity contribution is 0.0510. The monoisotopic (exact) mass is 315 g/mol. The van der Waals surface area contributed by atoms with Crippen LogP contribution in [-0.4, -0.2) is 69.0 Å². The number of anilines is 1. The van der Waals surface area contributed by atoms with Gasteiger partial charge in [0.15, 0.2) is 0 Å². The van der Waals surface area contributed by atoms with Crippen LogP contribution in [0.15, 0.2) is 23.7 Å². The van der Waals surface area contributed by atoms with Gasteiger partial charge in [0, 0.05) is 45.3 Å². The Morgan fingerprint density at radius 2 is 2.13 bits per heavy atom. The molecule has 0 spiro atoms. The average molecular weight is 315 g/mol. The second kappa shape index (κ2) is 6.11. The molecule has 23 heavy (non-hydrogen) atoms. The summed E-state index contributed by atoms with van der Waals surface area (Å²) in [7, 11) is 0. The van der Waals surface area contributed by atoms with Gasteiger partial charge in [-0.1, -0.05) is 12.1 Å². The summed E-state index contributed by atoms with van der Waals surface area (Å²) < 4.78 is 1.94. The highest BCUT2D eigenvalue weighted by Crippen LogP contribution is 2.18. The number of hydrogen-bond acceptors (Lipinski definition) is 7. The minimum Gasteiger partial charge on any atom is -0.391 e. The molecule has 0 aliphatic carbocycles. The molecule has 2 aromatic heterocycles. The Balaban J connectivity index is 1.35. The minimum atomic E-state index is 0.224. The molecule has 1 fully saturated rings. The fraction of sp³-hybridized carbons (Fsp3) is 0.600. The molecule has 8 heteroatoms. The van der Waals surface area contributed by atoms with Crippen molar-refractivity contribution in [3.8, 4) is 0 Å². The third kappa shape index (κ3) is 2.86. The maximum absolute atomic E-state index is 5.52. The lowest BCUT2D eigenvalue weighted by Crippen LogP contribution is -2.49. The van der Waals surface area contributed by atoms with Crippen molar-refractivity contribution >= 4 is 17.3 Å². The summed E-state index contributed by atoms with van der Waals surface area (Å²) in [6, 6.07) is 2.02. The molecule has 2 aliphatic rings. The molecule has 0 bridgehead atoms. The molecule has 0 N–H and O–H groups in total. The third-order valence-electron chi connectivity index (χ3n) is 4.55. The van der Waals surface area contributed by atoms with Crippen LogP contribution in [0.2, 0.25) is 0 Å². The smallest absolute Gasteiger partial charge is 0.256 e. The number of oxime groups is 1. The predicted molar refractivity (Wildman–Crippen MR) is 86.7 cm³/mol. The van der Waals surface area contributed by atoms with Gasteiger partial charge in [0.05, 0.1) is 5.71 Å². The molecule has 1 atom stereocenters. The average Bonchev–Trinajstić information content (AvgIpc) is 3.24. The van der Waals surface area contributed by atoms with Crippen LogP contribution in [0.3, 0.4) is 0 Å². The molecule has 0 radical (unpaired) electrons. The number of hydrogen-bond donors (Lipinski definition) is 0. The quantitative estimate of drug-likeness (QED) is 0.831. The topological polar surface area (TPSA) is 71.2 Å². The molecule has 0 unspecified atom stereocenters. The summed E-state index contributed by atoms with van der Waals surface area (Å²) in [5, 5.41) is 12.1. The molecule has 0 aromatic carbocycles. The summed E-state index contributed by atoms with van der Waals surface area (Å²) >= 11 is 0. The van der Waals surface area contributed by atoms with Crippen LogP contribution in [0.1, 0.15) is 19.8 Å². The Labute approximate surface area is 134 Å². The minimum absolute atomic E-state index is 0.224. The van der Waals surface area contributed by atoms with Crippen molar-refractivity contribution in [1.82, 2.24) is 24.5 Å². The lowest BCUT2D eigenvalue weighted by atomic mass is 10.1. The van der Waals surface area contributed by atoms with Crippen LogP contribution in [0.5, 0.6) is 0 Å². The zero-order valence-corrected chi connectivity index (χ0v) is 13.3. The number of piperazine rings is 1. The van der Waals surface area contributed by atoms with E-state index < -0.39 is 0 Å². The van der Waals surface area contributed by atoms with E-state index in [1.165, 1.54) is 5.71 Å². The van der Waals surface area contributed by atoms with Crippen molar-refractivity contribution in [3.05, 3.63) is 18.6 Å². The fourth-order valence-electron chi connectivity index (χ4n) is 3.23. The molecule has 0 saturated carbocycles. The van der Waals surface area contributed by atoms with Crippen LogP contribution in [0.4, 0.5) is 5.82 Å². The second-order valence-electron chi connectivity index (χ2n) is 6.03. The van der Waals surface area contributed by atoms with Crippen LogP contribution in [0.25, 0.3) is 5.78 Å². The van der Waals surface area contributed by atoms with E-state index in [0.717, 1.165) is 51.4 Å². The molecule has 8 nitrogen and oxygen atoms in total. The van der Waals surface area contributed by atoms with Gasteiger partial charge < -0.3 is 9.74 Å². The largest absolute Gasteiger partial charge is 0.391 e. The first kappa shape index (κ1) is 14.4. The van der Waals surface area contributed by atoms with Crippen LogP contribution >= 0.6 is 0 Å². The zero-order chi connectivity index (χ0) is 15.6. The molecule has 0 amide bonds. The summed E-state index contributed by atoms with van der Waals surface area (Å²) in [4.78, 5) is 14.6. The maximum atomic E-state index is 5.52. The third-order valence-corrected chi connectivity index (χ3v) is 4.55. The summed E-state index contributed by atoms with van der Waals surface area (Å²) in [6.45, 7) is 7.08. The summed E-state index contributed by atoms with van der Waals surface area (Å²) in [6.07, 6.45) is 5.70. The van der Waals surface area contributed by atoms with Gasteiger partial charge in [-0.15, -0.1) is 10.2 Å². The van der Waals surface area contributed by atoms with Gasteiger partial charge in [-0.25, -0.2) is 4.98 Å². The summed E-state index contributed by atoms with van der Waals surface area (Å²) in [5.41, 5.74) is 1.18. The van der Waals surface area contributed by atoms with E-state index in [9.17, 15) is 0 Å². The first-order chi connectivity index (χ1) is 11.3. The van der Waals surface area contributed by atoms with Gasteiger partial charge in [0.2, 0.25) is 0 Å². The predicted octanol–water partition coefficient (Wildman–Crippen LogP) is 0.801. The molecule has 122 valence electrons. The van der Waals surface area contributed by atoms with Gasteiger partial charge in [-0.05, 0) is 12.5 Å². The Morgan fingerprint density at radius 3 is 2.91 bits per heavy atom. The molecule has 2 aromatic rings. The Hall–Kier alpha value is -2.22. The number of aromatic nitrogens is 4. The number of nitrogens with zero attached hydrogens (tertiary/aromatic N) is 7. The normalized spacial score (nSPS) is 22.4. The van der Waals surface area contributed by atoms with E-state index in [0.29, 0.717) is 5.78 Å². The second-order valence-corrected chi connectivity index (χ2v) is 6.03. The van der Waals surface area contributed by atoms with Gasteiger partial charge in [-0.2, -0.15) is 0 Å². The Morgan fingerprint density at radius 1 is 1.26 bits per heavy atom. The van der Waals surface area contributed by atoms with Gasteiger partial charge >= 0.3 is 0 Å². The first-order valence-electron chi connectivity index (χ1n) is 8.17. The van der Waals surface area contributed by atoms with E-state index in [-0.39, 0.29) is 6.10 Å². The highest BCUT2D eigenvalue weighted by Gasteiger charge is 2.25. The van der Waals surface area contributed by atoms with Crippen molar-refractivity contribution in [2.75, 3.05) is 37.6 Å². The van der Waals surface area contributed by atoms with Gasteiger partial charge in [-0.3, -0.25) is 9.30 Å². The Bertz CT molecular complexity index is 705. The van der Waals surface area contributed by atoms with Crippen LogP contribution < -0.4 is 4.90 Å². The molecular formula is C15H21N7O. The van der Waals surface area contributed by atoms with Crippen molar-refractivity contribution in [2.45, 2.75) is 25.9 Å². The van der Waals surface area contributed by atoms with E-state index >= 15 is 0 Å². The molecular weight excluding hydrogens is 294 g/mol. The van der Waals surface area contributed by atoms with Gasteiger partial charge in [0.1, 0.15) is 18.2 Å². The summed E-state index contributed by atoms with van der Waals surface area (Å²) in [5.74, 6) is 1.75. The maximum Gasteiger partial charge on any atom is 0.256 e. The van der Waals surface area contributed by atoms with Crippen LogP contribution in [0, 0.1) is 0 Å². The number of fused-ring (bicyclic) bond motifs is 1. The van der Waals surface area contributed by atoms with E-state index in [2.05, 4.69) is 37.1 Å². The van der Waals surface area contributed by atoms with E-state index in [4.69, 9.17) is 4.84 Å². The van der Waals surface area contributed by atoms with Crippen LogP contribution in [-0.2, 0) is 4.84 Å². The fourth-order valence-corrected chi connectivity index (χ4v) is 3.23. The molecule has 1 saturated heterocycles. The zero-order valence-electron chi connectivity index (χ0n) is 13.3. The molecule has 2 aliphatic heterocycles. The highest BCUT2D eigenvalue weighted by molar-refractivity contribution is 5.85. The standard InChI is InChI=1S/C15H21N7O/c1-2-12-9-13(23-19-12)10-20-5-7-21(8-6-20)14-3-4-16-15-18-17-11-22(14)15/h3-4,11,13H,2,5-10H2,1H3/t13-/m0/s1. The SMILES string of the molecule is CCC1=NO[C@H](CN2CCN(c3ccnc4nncn34)CC2)C1. The van der Waals surface area contributed by atoms with Gasteiger partial charge in [0.25, 0.3) is 5.78 Å². The number of rotatable bonds is 4. The Kier molecular flexibility index (Phi) is 3.82. The van der Waals surface area contributed by atoms with E-state index in [1.807, 2.05) is 10.5 Å².